The number of aliphatic hydroxyl groups is 1. The number of Topliss-reactive ketones (excluding diaryl/α,β-unsaturated/α-hetero) is 1. The van der Waals surface area contributed by atoms with Crippen LogP contribution in [-0.4, -0.2) is 28.5 Å². The van der Waals surface area contributed by atoms with Crippen molar-refractivity contribution in [2.24, 2.45) is 5.92 Å². The Labute approximate surface area is 217 Å². The number of benzene rings is 3. The largest absolute Gasteiger partial charge is 0.508 e. The fourth-order valence-corrected chi connectivity index (χ4v) is 4.27. The summed E-state index contributed by atoms with van der Waals surface area (Å²) in [5, 5.41) is 21.0. The van der Waals surface area contributed by atoms with Gasteiger partial charge in [0, 0.05) is 11.3 Å². The lowest BCUT2D eigenvalue weighted by Crippen LogP contribution is -2.29. The van der Waals surface area contributed by atoms with Crippen LogP contribution in [-0.2, 0) is 15.8 Å². The Balaban J connectivity index is 1.87. The van der Waals surface area contributed by atoms with Crippen molar-refractivity contribution in [1.29, 1.82) is 0 Å². The normalized spacial score (nSPS) is 17.3. The van der Waals surface area contributed by atoms with E-state index in [9.17, 15) is 33.0 Å². The summed E-state index contributed by atoms with van der Waals surface area (Å²) in [6.45, 7) is 6.25. The van der Waals surface area contributed by atoms with Gasteiger partial charge in [-0.2, -0.15) is 13.2 Å². The number of hydrogen-bond acceptors (Lipinski definition) is 5. The summed E-state index contributed by atoms with van der Waals surface area (Å²) in [6.07, 6.45) is -4.67. The Bertz CT molecular complexity index is 1410. The molecule has 2 N–H and O–H groups in total. The van der Waals surface area contributed by atoms with Gasteiger partial charge in [-0.1, -0.05) is 32.0 Å². The summed E-state index contributed by atoms with van der Waals surface area (Å²) in [5.74, 6) is -1.81. The van der Waals surface area contributed by atoms with Crippen molar-refractivity contribution in [1.82, 2.24) is 0 Å². The highest BCUT2D eigenvalue weighted by Crippen LogP contribution is 2.44. The fraction of sp³-hybridized carbons (Fsp3) is 0.241. The van der Waals surface area contributed by atoms with Gasteiger partial charge in [-0.15, -0.1) is 0 Å². The third kappa shape index (κ3) is 5.22. The maximum atomic E-state index is 13.4. The minimum absolute atomic E-state index is 0.0858. The van der Waals surface area contributed by atoms with Crippen LogP contribution in [0.15, 0.2) is 72.3 Å². The maximum absolute atomic E-state index is 13.4. The van der Waals surface area contributed by atoms with Crippen LogP contribution in [0.5, 0.6) is 11.5 Å². The average Bonchev–Trinajstić information content (AvgIpc) is 3.13. The number of phenolic OH excluding ortho intramolecular Hbond substituents is 1. The Morgan fingerprint density at radius 3 is 2.32 bits per heavy atom. The quantitative estimate of drug-likeness (QED) is 0.222. The molecule has 0 radical (unpaired) electrons. The molecule has 0 spiro atoms. The summed E-state index contributed by atoms with van der Waals surface area (Å²) >= 11 is 0. The van der Waals surface area contributed by atoms with Gasteiger partial charge in [0.1, 0.15) is 17.3 Å². The molecule has 3 aromatic carbocycles. The van der Waals surface area contributed by atoms with Crippen molar-refractivity contribution in [2.45, 2.75) is 33.0 Å². The van der Waals surface area contributed by atoms with Crippen LogP contribution in [0.1, 0.15) is 42.1 Å². The first-order chi connectivity index (χ1) is 17.9. The van der Waals surface area contributed by atoms with E-state index in [2.05, 4.69) is 0 Å². The minimum atomic E-state index is -4.67. The summed E-state index contributed by atoms with van der Waals surface area (Å²) in [4.78, 5) is 27.4. The highest BCUT2D eigenvalue weighted by atomic mass is 19.4. The van der Waals surface area contributed by atoms with Gasteiger partial charge in [0.15, 0.2) is 0 Å². The molecule has 0 bridgehead atoms. The molecule has 1 aliphatic rings. The number of aromatic hydroxyl groups is 1. The molecular weight excluding hydrogens is 499 g/mol. The number of ether oxygens (including phenoxy) is 1. The maximum Gasteiger partial charge on any atom is 0.416 e. The number of anilines is 1. The lowest BCUT2D eigenvalue weighted by molar-refractivity contribution is -0.137. The van der Waals surface area contributed by atoms with Gasteiger partial charge in [0.2, 0.25) is 0 Å². The Morgan fingerprint density at radius 1 is 1.03 bits per heavy atom. The molecule has 1 heterocycles. The second kappa shape index (κ2) is 10.2. The average molecular weight is 526 g/mol. The van der Waals surface area contributed by atoms with Crippen LogP contribution in [0.3, 0.4) is 0 Å². The van der Waals surface area contributed by atoms with E-state index in [1.54, 1.807) is 25.1 Å². The van der Waals surface area contributed by atoms with E-state index in [0.717, 1.165) is 23.1 Å². The second-order valence-electron chi connectivity index (χ2n) is 9.49. The SMILES string of the molecule is Cc1cc(/C(O)=C2\C(=O)C(=O)N(c3cccc(C(F)(F)F)c3)C2c2ccc(O)cc2)ccc1OCC(C)C. The van der Waals surface area contributed by atoms with E-state index in [1.807, 2.05) is 13.8 Å². The van der Waals surface area contributed by atoms with Crippen LogP contribution in [0, 0.1) is 12.8 Å². The molecule has 1 saturated heterocycles. The zero-order valence-corrected chi connectivity index (χ0v) is 20.9. The molecular formula is C29H26F3NO5. The third-order valence-electron chi connectivity index (χ3n) is 6.13. The number of ketones is 1. The van der Waals surface area contributed by atoms with Gasteiger partial charge in [-0.05, 0) is 72.5 Å². The molecule has 0 aliphatic carbocycles. The van der Waals surface area contributed by atoms with Gasteiger partial charge in [0.05, 0.1) is 23.8 Å². The van der Waals surface area contributed by atoms with Crippen LogP contribution >= 0.6 is 0 Å². The number of hydrogen-bond donors (Lipinski definition) is 2. The Morgan fingerprint density at radius 2 is 1.71 bits per heavy atom. The Hall–Kier alpha value is -4.27. The molecule has 3 aromatic rings. The molecule has 1 atom stereocenters. The van der Waals surface area contributed by atoms with E-state index < -0.39 is 35.2 Å². The second-order valence-corrected chi connectivity index (χ2v) is 9.49. The molecule has 38 heavy (non-hydrogen) atoms. The van der Waals surface area contributed by atoms with Crippen molar-refractivity contribution >= 4 is 23.1 Å². The number of rotatable bonds is 6. The predicted molar refractivity (Wildman–Crippen MR) is 136 cm³/mol. The smallest absolute Gasteiger partial charge is 0.416 e. The number of halogens is 3. The molecule has 4 rings (SSSR count). The topological polar surface area (TPSA) is 87.1 Å². The number of carbonyl (C=O) groups is 2. The Kier molecular flexibility index (Phi) is 7.22. The summed E-state index contributed by atoms with van der Waals surface area (Å²) < 4.78 is 46.1. The van der Waals surface area contributed by atoms with Crippen LogP contribution in [0.25, 0.3) is 5.76 Å². The van der Waals surface area contributed by atoms with Crippen LogP contribution < -0.4 is 9.64 Å². The molecule has 198 valence electrons. The molecule has 0 aromatic heterocycles. The van der Waals surface area contributed by atoms with Crippen LogP contribution in [0.4, 0.5) is 18.9 Å². The molecule has 0 saturated carbocycles. The van der Waals surface area contributed by atoms with Gasteiger partial charge >= 0.3 is 6.18 Å². The van der Waals surface area contributed by atoms with Gasteiger partial charge in [-0.25, -0.2) is 0 Å². The lowest BCUT2D eigenvalue weighted by Gasteiger charge is -2.26. The molecule has 6 nitrogen and oxygen atoms in total. The number of nitrogens with zero attached hydrogens (tertiary/aromatic N) is 1. The van der Waals surface area contributed by atoms with E-state index in [4.69, 9.17) is 4.74 Å². The first kappa shape index (κ1) is 26.8. The minimum Gasteiger partial charge on any atom is -0.508 e. The van der Waals surface area contributed by atoms with Crippen molar-refractivity contribution in [3.8, 4) is 11.5 Å². The number of phenols is 1. The molecule has 9 heteroatoms. The fourth-order valence-electron chi connectivity index (χ4n) is 4.27. The van der Waals surface area contributed by atoms with E-state index in [1.165, 1.54) is 30.3 Å². The van der Waals surface area contributed by atoms with Gasteiger partial charge in [0.25, 0.3) is 11.7 Å². The summed E-state index contributed by atoms with van der Waals surface area (Å²) in [6, 6.07) is 13.2. The predicted octanol–water partition coefficient (Wildman–Crippen LogP) is 6.38. The molecule has 1 fully saturated rings. The van der Waals surface area contributed by atoms with Gasteiger partial charge in [-0.3, -0.25) is 14.5 Å². The summed E-state index contributed by atoms with van der Waals surface area (Å²) in [5.41, 5.74) is -0.197. The van der Waals surface area contributed by atoms with Crippen molar-refractivity contribution < 1.29 is 37.7 Å². The highest BCUT2D eigenvalue weighted by Gasteiger charge is 2.47. The third-order valence-corrected chi connectivity index (χ3v) is 6.13. The van der Waals surface area contributed by atoms with E-state index in [0.29, 0.717) is 29.4 Å². The zero-order valence-electron chi connectivity index (χ0n) is 20.9. The first-order valence-electron chi connectivity index (χ1n) is 11.9. The lowest BCUT2D eigenvalue weighted by atomic mass is 9.94. The van der Waals surface area contributed by atoms with Gasteiger partial charge < -0.3 is 14.9 Å². The number of amides is 1. The zero-order chi connectivity index (χ0) is 27.8. The number of carbonyl (C=O) groups excluding carboxylic acids is 2. The van der Waals surface area contributed by atoms with Crippen molar-refractivity contribution in [3.05, 3.63) is 94.6 Å². The highest BCUT2D eigenvalue weighted by molar-refractivity contribution is 6.51. The number of aryl methyl sites for hydroxylation is 1. The number of aliphatic hydroxyl groups excluding tert-OH is 1. The molecule has 1 aliphatic heterocycles. The standard InChI is InChI=1S/C29H26F3NO5/c1-16(2)15-38-23-12-9-19(13-17(23)3)26(35)24-25(18-7-10-22(34)11-8-18)33(28(37)27(24)36)21-6-4-5-20(14-21)29(30,31)32/h4-14,16,25,34-35H,15H2,1-3H3/b26-24+. The number of alkyl halides is 3. The van der Waals surface area contributed by atoms with Crippen molar-refractivity contribution in [2.75, 3.05) is 11.5 Å². The monoisotopic (exact) mass is 525 g/mol. The first-order valence-corrected chi connectivity index (χ1v) is 11.9. The molecule has 1 unspecified atom stereocenters. The van der Waals surface area contributed by atoms with E-state index in [-0.39, 0.29) is 22.6 Å². The van der Waals surface area contributed by atoms with Crippen LogP contribution in [0.2, 0.25) is 0 Å². The van der Waals surface area contributed by atoms with Crippen molar-refractivity contribution in [3.63, 3.8) is 0 Å². The molecule has 1 amide bonds. The van der Waals surface area contributed by atoms with E-state index >= 15 is 0 Å². The summed E-state index contributed by atoms with van der Waals surface area (Å²) in [7, 11) is 0.